The number of hydrogen-bond donors (Lipinski definition) is 1. The number of piperidine rings is 1. The lowest BCUT2D eigenvalue weighted by Crippen LogP contribution is -3.14. The topological polar surface area (TPSA) is 40.0 Å². The predicted octanol–water partition coefficient (Wildman–Crippen LogP) is -0.751. The molecule has 3 rings (SSSR count). The maximum Gasteiger partial charge on any atom is 0.317 e. The number of halogens is 1. The van der Waals surface area contributed by atoms with Crippen molar-refractivity contribution in [1.29, 1.82) is 0 Å². The largest absolute Gasteiger partial charge is 1.00 e. The van der Waals surface area contributed by atoms with E-state index in [1.165, 1.54) is 4.90 Å². The quantitative estimate of drug-likeness (QED) is 0.584. The number of benzene rings is 2. The third-order valence-electron chi connectivity index (χ3n) is 5.27. The number of likely N-dealkylation sites (tertiary alicyclic amines) is 1. The lowest BCUT2D eigenvalue weighted by Gasteiger charge is -2.38. The van der Waals surface area contributed by atoms with Crippen molar-refractivity contribution in [3.05, 3.63) is 66.2 Å². The highest BCUT2D eigenvalue weighted by Gasteiger charge is 2.45. The molecule has 4 nitrogen and oxygen atoms in total. The molecule has 1 aliphatic rings. The van der Waals surface area contributed by atoms with Gasteiger partial charge in [0.05, 0.1) is 19.7 Å². The first kappa shape index (κ1) is 21.5. The second-order valence-corrected chi connectivity index (χ2v) is 6.83. The van der Waals surface area contributed by atoms with Gasteiger partial charge in [-0.2, -0.15) is 0 Å². The molecule has 27 heavy (non-hydrogen) atoms. The summed E-state index contributed by atoms with van der Waals surface area (Å²) in [7, 11) is 0. The number of nitrogens with one attached hydrogen (secondary N) is 1. The van der Waals surface area contributed by atoms with Crippen LogP contribution in [0.15, 0.2) is 60.7 Å². The highest BCUT2D eigenvalue weighted by molar-refractivity contribution is 5.83. The third kappa shape index (κ3) is 5.33. The SMILES string of the molecule is CCOC(=O)C1(c2ccccc2)CC[NH+](CCOc2ccccc2)CC1.[Br-]. The first-order valence-corrected chi connectivity index (χ1v) is 9.49. The maximum atomic E-state index is 12.8. The Hall–Kier alpha value is -1.85. The number of hydrogen-bond acceptors (Lipinski definition) is 3. The molecule has 0 saturated carbocycles. The molecule has 0 spiro atoms. The Labute approximate surface area is 172 Å². The van der Waals surface area contributed by atoms with Crippen molar-refractivity contribution >= 4 is 5.97 Å². The fraction of sp³-hybridized carbons (Fsp3) is 0.409. The van der Waals surface area contributed by atoms with E-state index in [4.69, 9.17) is 9.47 Å². The Morgan fingerprint density at radius 2 is 1.59 bits per heavy atom. The maximum absolute atomic E-state index is 12.8. The molecule has 1 heterocycles. The Kier molecular flexibility index (Phi) is 8.32. The molecule has 0 atom stereocenters. The summed E-state index contributed by atoms with van der Waals surface area (Å²) in [5, 5.41) is 0. The van der Waals surface area contributed by atoms with Crippen LogP contribution < -0.4 is 26.6 Å². The number of quaternary nitrogens is 1. The van der Waals surface area contributed by atoms with Crippen molar-refractivity contribution in [1.82, 2.24) is 0 Å². The van der Waals surface area contributed by atoms with E-state index in [0.29, 0.717) is 13.2 Å². The number of para-hydroxylation sites is 1. The van der Waals surface area contributed by atoms with Gasteiger partial charge in [-0.25, -0.2) is 0 Å². The highest BCUT2D eigenvalue weighted by atomic mass is 79.9. The summed E-state index contributed by atoms with van der Waals surface area (Å²) in [5.41, 5.74) is 0.583. The Morgan fingerprint density at radius 1 is 1.00 bits per heavy atom. The van der Waals surface area contributed by atoms with E-state index >= 15 is 0 Å². The zero-order chi connectivity index (χ0) is 18.2. The molecule has 0 radical (unpaired) electrons. The minimum atomic E-state index is -0.499. The van der Waals surface area contributed by atoms with Crippen molar-refractivity contribution in [2.24, 2.45) is 0 Å². The van der Waals surface area contributed by atoms with Gasteiger partial charge in [0, 0.05) is 12.8 Å². The number of carbonyl (C=O) groups excluding carboxylic acids is 1. The zero-order valence-electron chi connectivity index (χ0n) is 15.8. The zero-order valence-corrected chi connectivity index (χ0v) is 17.4. The minimum absolute atomic E-state index is 0. The minimum Gasteiger partial charge on any atom is -1.00 e. The fourth-order valence-electron chi connectivity index (χ4n) is 3.75. The van der Waals surface area contributed by atoms with Gasteiger partial charge in [-0.05, 0) is 24.6 Å². The van der Waals surface area contributed by atoms with E-state index in [1.54, 1.807) is 0 Å². The van der Waals surface area contributed by atoms with Gasteiger partial charge < -0.3 is 31.4 Å². The summed E-state index contributed by atoms with van der Waals surface area (Å²) in [6.07, 6.45) is 1.63. The molecular formula is C22H28BrNO3. The Balaban J connectivity index is 0.00000261. The average molecular weight is 434 g/mol. The predicted molar refractivity (Wildman–Crippen MR) is 101 cm³/mol. The van der Waals surface area contributed by atoms with Crippen LogP contribution in [-0.2, 0) is 14.9 Å². The molecule has 1 fully saturated rings. The Morgan fingerprint density at radius 3 is 2.19 bits per heavy atom. The number of rotatable bonds is 7. The van der Waals surface area contributed by atoms with Crippen LogP contribution in [0.4, 0.5) is 0 Å². The smallest absolute Gasteiger partial charge is 0.317 e. The molecule has 0 bridgehead atoms. The molecular weight excluding hydrogens is 406 g/mol. The summed E-state index contributed by atoms with van der Waals surface area (Å²) in [5.74, 6) is 0.833. The highest BCUT2D eigenvalue weighted by Crippen LogP contribution is 2.34. The van der Waals surface area contributed by atoms with Gasteiger partial charge in [0.2, 0.25) is 0 Å². The van der Waals surface area contributed by atoms with Crippen LogP contribution in [0.5, 0.6) is 5.75 Å². The van der Waals surface area contributed by atoms with E-state index in [0.717, 1.165) is 43.8 Å². The molecule has 146 valence electrons. The van der Waals surface area contributed by atoms with Gasteiger partial charge in [-0.1, -0.05) is 48.5 Å². The van der Waals surface area contributed by atoms with Crippen LogP contribution >= 0.6 is 0 Å². The molecule has 0 aliphatic carbocycles. The van der Waals surface area contributed by atoms with Crippen molar-refractivity contribution < 1.29 is 36.1 Å². The van der Waals surface area contributed by atoms with Crippen LogP contribution in [0.2, 0.25) is 0 Å². The molecule has 1 N–H and O–H groups in total. The summed E-state index contributed by atoms with van der Waals surface area (Å²) in [6.45, 7) is 5.84. The normalized spacial score (nSPS) is 21.7. The summed E-state index contributed by atoms with van der Waals surface area (Å²) in [6, 6.07) is 20.0. The lowest BCUT2D eigenvalue weighted by molar-refractivity contribution is -0.906. The molecule has 0 amide bonds. The Bertz CT molecular complexity index is 685. The molecule has 0 aromatic heterocycles. The summed E-state index contributed by atoms with van der Waals surface area (Å²) in [4.78, 5) is 14.3. The lowest BCUT2D eigenvalue weighted by atomic mass is 9.72. The number of esters is 1. The standard InChI is InChI=1S/C22H27NO3.BrH/c1-2-25-21(24)22(19-9-5-3-6-10-19)13-15-23(16-14-22)17-18-26-20-11-7-4-8-12-20;/h3-12H,2,13-18H2,1H3;1H. The first-order valence-electron chi connectivity index (χ1n) is 9.49. The first-order chi connectivity index (χ1) is 12.7. The molecule has 5 heteroatoms. The molecule has 1 aliphatic heterocycles. The van der Waals surface area contributed by atoms with Crippen LogP contribution in [0.1, 0.15) is 25.3 Å². The van der Waals surface area contributed by atoms with Crippen molar-refractivity contribution in [2.45, 2.75) is 25.2 Å². The van der Waals surface area contributed by atoms with Crippen LogP contribution in [0, 0.1) is 0 Å². The van der Waals surface area contributed by atoms with E-state index in [-0.39, 0.29) is 23.0 Å². The van der Waals surface area contributed by atoms with E-state index in [1.807, 2.05) is 55.5 Å². The van der Waals surface area contributed by atoms with Gasteiger partial charge in [-0.3, -0.25) is 4.79 Å². The van der Waals surface area contributed by atoms with Crippen molar-refractivity contribution in [3.63, 3.8) is 0 Å². The van der Waals surface area contributed by atoms with Gasteiger partial charge >= 0.3 is 5.97 Å². The van der Waals surface area contributed by atoms with E-state index < -0.39 is 5.41 Å². The summed E-state index contributed by atoms with van der Waals surface area (Å²) < 4.78 is 11.3. The van der Waals surface area contributed by atoms with Crippen LogP contribution in [0.25, 0.3) is 0 Å². The molecule has 2 aromatic carbocycles. The third-order valence-corrected chi connectivity index (χ3v) is 5.27. The molecule has 1 saturated heterocycles. The second-order valence-electron chi connectivity index (χ2n) is 6.83. The van der Waals surface area contributed by atoms with Gasteiger partial charge in [0.1, 0.15) is 24.3 Å². The van der Waals surface area contributed by atoms with Crippen molar-refractivity contribution in [2.75, 3.05) is 32.8 Å². The van der Waals surface area contributed by atoms with Gasteiger partial charge in [-0.15, -0.1) is 0 Å². The van der Waals surface area contributed by atoms with E-state index in [9.17, 15) is 4.79 Å². The number of carbonyl (C=O) groups is 1. The molecule has 0 unspecified atom stereocenters. The van der Waals surface area contributed by atoms with E-state index in [2.05, 4.69) is 12.1 Å². The van der Waals surface area contributed by atoms with Crippen molar-refractivity contribution in [3.8, 4) is 5.75 Å². The van der Waals surface area contributed by atoms with Crippen LogP contribution in [-0.4, -0.2) is 38.8 Å². The monoisotopic (exact) mass is 433 g/mol. The fourth-order valence-corrected chi connectivity index (χ4v) is 3.75. The average Bonchev–Trinajstić information content (AvgIpc) is 2.70. The van der Waals surface area contributed by atoms with Gasteiger partial charge in [0.25, 0.3) is 0 Å². The molecule has 2 aromatic rings. The van der Waals surface area contributed by atoms with Crippen LogP contribution in [0.3, 0.4) is 0 Å². The second kappa shape index (κ2) is 10.5. The van der Waals surface area contributed by atoms with Gasteiger partial charge in [0.15, 0.2) is 0 Å². The summed E-state index contributed by atoms with van der Waals surface area (Å²) >= 11 is 0. The number of ether oxygens (including phenoxy) is 2.